The fourth-order valence-corrected chi connectivity index (χ4v) is 2.23. The van der Waals surface area contributed by atoms with Crippen molar-refractivity contribution in [1.29, 1.82) is 0 Å². The summed E-state index contributed by atoms with van der Waals surface area (Å²) < 4.78 is 0. The van der Waals surface area contributed by atoms with E-state index in [9.17, 15) is 4.79 Å². The number of piperidine rings is 1. The summed E-state index contributed by atoms with van der Waals surface area (Å²) >= 11 is 0. The third-order valence-electron chi connectivity index (χ3n) is 3.56. The third kappa shape index (κ3) is 3.64. The molecular formula is C13H20N4O2. The highest BCUT2D eigenvalue weighted by Gasteiger charge is 2.20. The Morgan fingerprint density at radius 1 is 1.42 bits per heavy atom. The van der Waals surface area contributed by atoms with Crippen molar-refractivity contribution in [2.24, 2.45) is 0 Å². The molecule has 2 N–H and O–H groups in total. The van der Waals surface area contributed by atoms with Crippen molar-refractivity contribution in [1.82, 2.24) is 15.1 Å². The molecular weight excluding hydrogens is 244 g/mol. The minimum atomic E-state index is -0.902. The summed E-state index contributed by atoms with van der Waals surface area (Å²) in [5.41, 5.74) is 1.00. The number of carbonyl (C=O) groups is 1. The number of aromatic nitrogens is 2. The molecule has 1 fully saturated rings. The number of carboxylic acids is 1. The van der Waals surface area contributed by atoms with E-state index < -0.39 is 12.0 Å². The number of nitrogens with one attached hydrogen (secondary N) is 1. The van der Waals surface area contributed by atoms with E-state index in [0.29, 0.717) is 11.7 Å². The summed E-state index contributed by atoms with van der Waals surface area (Å²) in [4.78, 5) is 13.0. The van der Waals surface area contributed by atoms with Crippen LogP contribution in [-0.4, -0.2) is 52.4 Å². The van der Waals surface area contributed by atoms with Crippen LogP contribution in [0.5, 0.6) is 0 Å². The van der Waals surface area contributed by atoms with Crippen molar-refractivity contribution < 1.29 is 9.90 Å². The standard InChI is InChI=1S/C13H20N4O2/c1-9(13(18)19)14-12-4-3-11(15-16-12)10-5-7-17(2)8-6-10/h3-4,9-10H,5-8H2,1-2H3,(H,14,16)(H,18,19). The molecule has 1 aliphatic heterocycles. The SMILES string of the molecule is CC(Nc1ccc(C2CCN(C)CC2)nn1)C(=O)O. The second-order valence-electron chi connectivity index (χ2n) is 5.13. The lowest BCUT2D eigenvalue weighted by atomic mass is 9.94. The first kappa shape index (κ1) is 13.7. The molecule has 1 saturated heterocycles. The minimum Gasteiger partial charge on any atom is -0.480 e. The smallest absolute Gasteiger partial charge is 0.325 e. The van der Waals surface area contributed by atoms with Gasteiger partial charge in [-0.15, -0.1) is 5.10 Å². The van der Waals surface area contributed by atoms with Crippen molar-refractivity contribution in [3.05, 3.63) is 17.8 Å². The first-order valence-electron chi connectivity index (χ1n) is 6.58. The minimum absolute atomic E-state index is 0.467. The fourth-order valence-electron chi connectivity index (χ4n) is 2.23. The van der Waals surface area contributed by atoms with Gasteiger partial charge in [-0.05, 0) is 52.0 Å². The van der Waals surface area contributed by atoms with Gasteiger partial charge in [-0.1, -0.05) is 0 Å². The van der Waals surface area contributed by atoms with Crippen LogP contribution in [0.3, 0.4) is 0 Å². The van der Waals surface area contributed by atoms with E-state index in [2.05, 4.69) is 27.5 Å². The maximum Gasteiger partial charge on any atom is 0.325 e. The Morgan fingerprint density at radius 2 is 2.11 bits per heavy atom. The number of anilines is 1. The summed E-state index contributed by atoms with van der Waals surface area (Å²) in [5, 5.41) is 19.9. The number of carboxylic acid groups (broad SMARTS) is 1. The molecule has 19 heavy (non-hydrogen) atoms. The van der Waals surface area contributed by atoms with Gasteiger partial charge in [0.05, 0.1) is 5.69 Å². The molecule has 0 bridgehead atoms. The number of rotatable bonds is 4. The van der Waals surface area contributed by atoms with Crippen LogP contribution in [0.1, 0.15) is 31.4 Å². The predicted molar refractivity (Wildman–Crippen MR) is 72.2 cm³/mol. The van der Waals surface area contributed by atoms with E-state index in [1.54, 1.807) is 13.0 Å². The third-order valence-corrected chi connectivity index (χ3v) is 3.56. The average Bonchev–Trinajstić information content (AvgIpc) is 2.40. The van der Waals surface area contributed by atoms with Crippen LogP contribution < -0.4 is 5.32 Å². The zero-order chi connectivity index (χ0) is 13.8. The first-order chi connectivity index (χ1) is 9.06. The van der Waals surface area contributed by atoms with Crippen molar-refractivity contribution in [3.8, 4) is 0 Å². The second-order valence-corrected chi connectivity index (χ2v) is 5.13. The first-order valence-corrected chi connectivity index (χ1v) is 6.58. The Labute approximate surface area is 112 Å². The zero-order valence-electron chi connectivity index (χ0n) is 11.3. The van der Waals surface area contributed by atoms with Crippen molar-refractivity contribution in [3.63, 3.8) is 0 Å². The van der Waals surface area contributed by atoms with Crippen LogP contribution in [0.15, 0.2) is 12.1 Å². The maximum absolute atomic E-state index is 10.7. The molecule has 104 valence electrons. The Balaban J connectivity index is 1.96. The van der Waals surface area contributed by atoms with Crippen LogP contribution in [0, 0.1) is 0 Å². The highest BCUT2D eigenvalue weighted by atomic mass is 16.4. The van der Waals surface area contributed by atoms with E-state index in [1.807, 2.05) is 6.07 Å². The van der Waals surface area contributed by atoms with Gasteiger partial charge in [-0.2, -0.15) is 5.10 Å². The molecule has 0 aliphatic carbocycles. The van der Waals surface area contributed by atoms with Crippen LogP contribution in [-0.2, 0) is 4.79 Å². The number of nitrogens with zero attached hydrogens (tertiary/aromatic N) is 3. The molecule has 1 aromatic rings. The van der Waals surface area contributed by atoms with Crippen LogP contribution in [0.2, 0.25) is 0 Å². The lowest BCUT2D eigenvalue weighted by Gasteiger charge is -2.28. The summed E-state index contributed by atoms with van der Waals surface area (Å²) in [5.74, 6) is 0.0717. The molecule has 1 aromatic heterocycles. The van der Waals surface area contributed by atoms with Gasteiger partial charge in [0.15, 0.2) is 0 Å². The van der Waals surface area contributed by atoms with Crippen molar-refractivity contribution >= 4 is 11.8 Å². The monoisotopic (exact) mass is 264 g/mol. The number of hydrogen-bond donors (Lipinski definition) is 2. The van der Waals surface area contributed by atoms with Crippen molar-refractivity contribution in [2.45, 2.75) is 31.7 Å². The molecule has 1 unspecified atom stereocenters. The van der Waals surface area contributed by atoms with Gasteiger partial charge in [0.25, 0.3) is 0 Å². The molecule has 0 saturated carbocycles. The van der Waals surface area contributed by atoms with Gasteiger partial charge < -0.3 is 15.3 Å². The summed E-state index contributed by atoms with van der Waals surface area (Å²) in [6.45, 7) is 3.75. The van der Waals surface area contributed by atoms with Gasteiger partial charge >= 0.3 is 5.97 Å². The summed E-state index contributed by atoms with van der Waals surface area (Å²) in [6.07, 6.45) is 2.20. The second kappa shape index (κ2) is 5.97. The Hall–Kier alpha value is -1.69. The Bertz CT molecular complexity index is 427. The van der Waals surface area contributed by atoms with Gasteiger partial charge in [0.2, 0.25) is 0 Å². The molecule has 2 heterocycles. The van der Waals surface area contributed by atoms with E-state index in [-0.39, 0.29) is 0 Å². The molecule has 0 spiro atoms. The van der Waals surface area contributed by atoms with E-state index in [4.69, 9.17) is 5.11 Å². The quantitative estimate of drug-likeness (QED) is 0.850. The van der Waals surface area contributed by atoms with E-state index in [1.165, 1.54) is 0 Å². The maximum atomic E-state index is 10.7. The summed E-state index contributed by atoms with van der Waals surface area (Å²) in [7, 11) is 2.13. The topological polar surface area (TPSA) is 78.3 Å². The van der Waals surface area contributed by atoms with Gasteiger partial charge in [0.1, 0.15) is 11.9 Å². The molecule has 1 aliphatic rings. The number of likely N-dealkylation sites (tertiary alicyclic amines) is 1. The molecule has 2 rings (SSSR count). The number of aliphatic carboxylic acids is 1. The van der Waals surface area contributed by atoms with E-state index >= 15 is 0 Å². The average molecular weight is 264 g/mol. The lowest BCUT2D eigenvalue weighted by molar-refractivity contribution is -0.137. The van der Waals surface area contributed by atoms with E-state index in [0.717, 1.165) is 31.6 Å². The van der Waals surface area contributed by atoms with Crippen LogP contribution in [0.25, 0.3) is 0 Å². The molecule has 0 radical (unpaired) electrons. The van der Waals surface area contributed by atoms with Crippen LogP contribution >= 0.6 is 0 Å². The molecule has 6 nitrogen and oxygen atoms in total. The summed E-state index contributed by atoms with van der Waals surface area (Å²) in [6, 6.07) is 3.09. The van der Waals surface area contributed by atoms with Gasteiger partial charge in [0, 0.05) is 5.92 Å². The Kier molecular flexibility index (Phi) is 4.31. The van der Waals surface area contributed by atoms with Gasteiger partial charge in [-0.25, -0.2) is 0 Å². The largest absolute Gasteiger partial charge is 0.480 e. The predicted octanol–water partition coefficient (Wildman–Crippen LogP) is 1.17. The highest BCUT2D eigenvalue weighted by Crippen LogP contribution is 2.25. The number of hydrogen-bond acceptors (Lipinski definition) is 5. The lowest BCUT2D eigenvalue weighted by Crippen LogP contribution is -2.29. The Morgan fingerprint density at radius 3 is 2.63 bits per heavy atom. The highest BCUT2D eigenvalue weighted by molar-refractivity contribution is 5.76. The zero-order valence-corrected chi connectivity index (χ0v) is 11.3. The molecule has 0 aromatic carbocycles. The normalized spacial score (nSPS) is 19.1. The van der Waals surface area contributed by atoms with Gasteiger partial charge in [-0.3, -0.25) is 4.79 Å². The molecule has 0 amide bonds. The molecule has 1 atom stereocenters. The van der Waals surface area contributed by atoms with Crippen LogP contribution in [0.4, 0.5) is 5.82 Å². The van der Waals surface area contributed by atoms with Crippen molar-refractivity contribution in [2.75, 3.05) is 25.5 Å². The fraction of sp³-hybridized carbons (Fsp3) is 0.615. The molecule has 6 heteroatoms.